The van der Waals surface area contributed by atoms with E-state index in [-0.39, 0.29) is 17.3 Å². The molecule has 17 heavy (non-hydrogen) atoms. The minimum Gasteiger partial charge on any atom is -0.481 e. The van der Waals surface area contributed by atoms with Crippen molar-refractivity contribution in [1.82, 2.24) is 0 Å². The molecule has 0 heterocycles. The molecule has 0 aromatic heterocycles. The molecule has 0 aromatic rings. The van der Waals surface area contributed by atoms with Crippen LogP contribution in [-0.2, 0) is 9.59 Å². The van der Waals surface area contributed by atoms with Crippen LogP contribution in [-0.4, -0.2) is 22.2 Å². The zero-order valence-electron chi connectivity index (χ0n) is 10.1. The van der Waals surface area contributed by atoms with Gasteiger partial charge in [-0.05, 0) is 30.1 Å². The third kappa shape index (κ3) is 1.36. The molecule has 2 aliphatic carbocycles. The molecule has 2 N–H and O–H groups in total. The standard InChI is InChI=1S/C13H18O4/c1-3-13(4-2)7-5-6-8(13)10(12(16)17)9(7)11(14)15/h5-10H,3-4H2,1-2H3,(H,14,15)(H,16,17). The lowest BCUT2D eigenvalue weighted by atomic mass is 9.71. The zero-order chi connectivity index (χ0) is 12.8. The van der Waals surface area contributed by atoms with E-state index in [1.165, 1.54) is 0 Å². The average molecular weight is 238 g/mol. The number of carboxylic acid groups (broad SMARTS) is 2. The third-order valence-electron chi connectivity index (χ3n) is 4.90. The van der Waals surface area contributed by atoms with E-state index in [2.05, 4.69) is 0 Å². The summed E-state index contributed by atoms with van der Waals surface area (Å²) in [5.74, 6) is -3.71. The van der Waals surface area contributed by atoms with E-state index in [1.54, 1.807) is 0 Å². The fourth-order valence-electron chi connectivity index (χ4n) is 4.05. The van der Waals surface area contributed by atoms with Gasteiger partial charge in [-0.1, -0.05) is 26.0 Å². The highest BCUT2D eigenvalue weighted by Crippen LogP contribution is 2.63. The van der Waals surface area contributed by atoms with Gasteiger partial charge in [-0.2, -0.15) is 0 Å². The van der Waals surface area contributed by atoms with Gasteiger partial charge in [0.05, 0.1) is 11.8 Å². The van der Waals surface area contributed by atoms with Gasteiger partial charge >= 0.3 is 11.9 Å². The summed E-state index contributed by atoms with van der Waals surface area (Å²) >= 11 is 0. The highest BCUT2D eigenvalue weighted by molar-refractivity contribution is 5.83. The minimum absolute atomic E-state index is 0.124. The molecule has 1 fully saturated rings. The quantitative estimate of drug-likeness (QED) is 0.735. The van der Waals surface area contributed by atoms with Gasteiger partial charge in [-0.3, -0.25) is 9.59 Å². The van der Waals surface area contributed by atoms with E-state index in [0.717, 1.165) is 12.8 Å². The maximum absolute atomic E-state index is 11.3. The molecule has 0 radical (unpaired) electrons. The molecule has 0 spiro atoms. The summed E-state index contributed by atoms with van der Waals surface area (Å²) in [7, 11) is 0. The van der Waals surface area contributed by atoms with Crippen LogP contribution in [0.5, 0.6) is 0 Å². The molecule has 0 saturated heterocycles. The number of rotatable bonds is 4. The van der Waals surface area contributed by atoms with E-state index >= 15 is 0 Å². The molecule has 2 bridgehead atoms. The van der Waals surface area contributed by atoms with Crippen LogP contribution in [0.15, 0.2) is 12.2 Å². The van der Waals surface area contributed by atoms with Crippen LogP contribution in [0.25, 0.3) is 0 Å². The Kier molecular flexibility index (Phi) is 2.76. The van der Waals surface area contributed by atoms with Crippen LogP contribution in [0.3, 0.4) is 0 Å². The second kappa shape index (κ2) is 3.86. The first-order chi connectivity index (χ1) is 7.99. The maximum atomic E-state index is 11.3. The van der Waals surface area contributed by atoms with Gasteiger partial charge < -0.3 is 10.2 Å². The van der Waals surface area contributed by atoms with Gasteiger partial charge in [0.25, 0.3) is 0 Å². The first kappa shape index (κ1) is 12.1. The lowest BCUT2D eigenvalue weighted by Gasteiger charge is -2.33. The molecular formula is C13H18O4. The first-order valence-electron chi connectivity index (χ1n) is 6.13. The maximum Gasteiger partial charge on any atom is 0.308 e. The average Bonchev–Trinajstić information content (AvgIpc) is 2.78. The zero-order valence-corrected chi connectivity index (χ0v) is 10.1. The predicted molar refractivity (Wildman–Crippen MR) is 61.4 cm³/mol. The first-order valence-corrected chi connectivity index (χ1v) is 6.13. The van der Waals surface area contributed by atoms with Crippen molar-refractivity contribution in [3.05, 3.63) is 12.2 Å². The third-order valence-corrected chi connectivity index (χ3v) is 4.90. The Morgan fingerprint density at radius 3 is 1.59 bits per heavy atom. The molecule has 0 aromatic carbocycles. The molecule has 2 rings (SSSR count). The number of hydrogen-bond acceptors (Lipinski definition) is 2. The fourth-order valence-corrected chi connectivity index (χ4v) is 4.05. The van der Waals surface area contributed by atoms with E-state index in [1.807, 2.05) is 26.0 Å². The topological polar surface area (TPSA) is 74.6 Å². The summed E-state index contributed by atoms with van der Waals surface area (Å²) in [6.07, 6.45) is 5.52. The Labute approximate surface area is 100 Å². The molecule has 0 aliphatic heterocycles. The molecule has 4 unspecified atom stereocenters. The molecule has 2 aliphatic rings. The van der Waals surface area contributed by atoms with Crippen LogP contribution < -0.4 is 0 Å². The number of fused-ring (bicyclic) bond motifs is 2. The van der Waals surface area contributed by atoms with Crippen molar-refractivity contribution in [2.45, 2.75) is 26.7 Å². The lowest BCUT2D eigenvalue weighted by Crippen LogP contribution is -2.32. The van der Waals surface area contributed by atoms with Crippen LogP contribution in [0, 0.1) is 29.1 Å². The van der Waals surface area contributed by atoms with Crippen molar-refractivity contribution >= 4 is 11.9 Å². The molecule has 1 saturated carbocycles. The van der Waals surface area contributed by atoms with E-state index in [0.29, 0.717) is 0 Å². The van der Waals surface area contributed by atoms with Crippen LogP contribution in [0.2, 0.25) is 0 Å². The summed E-state index contributed by atoms with van der Waals surface area (Å²) < 4.78 is 0. The molecule has 0 amide bonds. The Bertz CT molecular complexity index is 349. The van der Waals surface area contributed by atoms with E-state index in [9.17, 15) is 19.8 Å². The SMILES string of the molecule is CCC1(CC)C2C=CC1C(C(=O)O)C2C(=O)O. The normalized spacial score (nSPS) is 37.3. The summed E-state index contributed by atoms with van der Waals surface area (Å²) in [5, 5.41) is 18.6. The second-order valence-corrected chi connectivity index (χ2v) is 5.10. The van der Waals surface area contributed by atoms with Crippen molar-refractivity contribution in [3.8, 4) is 0 Å². The van der Waals surface area contributed by atoms with Crippen molar-refractivity contribution in [1.29, 1.82) is 0 Å². The van der Waals surface area contributed by atoms with Crippen LogP contribution in [0.1, 0.15) is 26.7 Å². The Morgan fingerprint density at radius 1 is 1.00 bits per heavy atom. The summed E-state index contributed by atoms with van der Waals surface area (Å²) in [6.45, 7) is 4.05. The monoisotopic (exact) mass is 238 g/mol. The van der Waals surface area contributed by atoms with Gasteiger partial charge in [-0.25, -0.2) is 0 Å². The highest BCUT2D eigenvalue weighted by atomic mass is 16.4. The molecule has 94 valence electrons. The largest absolute Gasteiger partial charge is 0.481 e. The van der Waals surface area contributed by atoms with Gasteiger partial charge in [-0.15, -0.1) is 0 Å². The summed E-state index contributed by atoms with van der Waals surface area (Å²) in [6, 6.07) is 0. The van der Waals surface area contributed by atoms with Crippen LogP contribution >= 0.6 is 0 Å². The Morgan fingerprint density at radius 2 is 1.35 bits per heavy atom. The smallest absolute Gasteiger partial charge is 0.308 e. The highest BCUT2D eigenvalue weighted by Gasteiger charge is 2.63. The number of allylic oxidation sites excluding steroid dienone is 2. The number of hydrogen-bond donors (Lipinski definition) is 2. The molecule has 4 heteroatoms. The van der Waals surface area contributed by atoms with Gasteiger partial charge in [0.1, 0.15) is 0 Å². The van der Waals surface area contributed by atoms with Crippen LogP contribution in [0.4, 0.5) is 0 Å². The Balaban J connectivity index is 2.48. The Hall–Kier alpha value is -1.32. The number of aliphatic carboxylic acids is 2. The minimum atomic E-state index is -0.972. The van der Waals surface area contributed by atoms with E-state index < -0.39 is 23.8 Å². The second-order valence-electron chi connectivity index (χ2n) is 5.10. The van der Waals surface area contributed by atoms with E-state index in [4.69, 9.17) is 0 Å². The molecule has 4 atom stereocenters. The predicted octanol–water partition coefficient (Wildman–Crippen LogP) is 2.01. The lowest BCUT2D eigenvalue weighted by molar-refractivity contribution is -0.154. The fraction of sp³-hybridized carbons (Fsp3) is 0.692. The molecule has 4 nitrogen and oxygen atoms in total. The summed E-state index contributed by atoms with van der Waals surface area (Å²) in [4.78, 5) is 22.7. The van der Waals surface area contributed by atoms with Crippen molar-refractivity contribution in [3.63, 3.8) is 0 Å². The van der Waals surface area contributed by atoms with Crippen molar-refractivity contribution < 1.29 is 19.8 Å². The summed E-state index contributed by atoms with van der Waals surface area (Å²) in [5.41, 5.74) is -0.161. The molecular weight excluding hydrogens is 220 g/mol. The van der Waals surface area contributed by atoms with Gasteiger partial charge in [0, 0.05) is 0 Å². The van der Waals surface area contributed by atoms with Crippen molar-refractivity contribution in [2.24, 2.45) is 29.1 Å². The van der Waals surface area contributed by atoms with Gasteiger partial charge in [0.2, 0.25) is 0 Å². The van der Waals surface area contributed by atoms with Crippen molar-refractivity contribution in [2.75, 3.05) is 0 Å². The van der Waals surface area contributed by atoms with Gasteiger partial charge in [0.15, 0.2) is 0 Å². The number of carboxylic acids is 2. The number of carbonyl (C=O) groups is 2.